The fraction of sp³-hybridized carbons (Fsp3) is 0.389. The standard InChI is InChI=1S/C18H23ClN6O2/c1-4-14-11(3)20-17(23-16(14)26)25-15(8-10(2)24-25)22-18(27)21-13-7-5-6-12(19)9-13/h5-9,11,14,17,20H,4H2,1-3H3,(H,23,26)(H2,21,22,27). The number of amides is 3. The normalized spacial score (nSPS) is 22.2. The maximum atomic E-state index is 12.4. The number of hydrogen-bond acceptors (Lipinski definition) is 4. The molecule has 27 heavy (non-hydrogen) atoms. The first-order chi connectivity index (χ1) is 12.9. The van der Waals surface area contributed by atoms with E-state index in [0.717, 1.165) is 12.1 Å². The number of rotatable bonds is 4. The van der Waals surface area contributed by atoms with Crippen LogP contribution in [0, 0.1) is 12.8 Å². The van der Waals surface area contributed by atoms with Gasteiger partial charge in [0.1, 0.15) is 5.82 Å². The average Bonchev–Trinajstić information content (AvgIpc) is 2.94. The molecule has 1 saturated heterocycles. The molecule has 0 bridgehead atoms. The molecule has 1 aromatic heterocycles. The van der Waals surface area contributed by atoms with Crippen molar-refractivity contribution in [3.05, 3.63) is 41.0 Å². The lowest BCUT2D eigenvalue weighted by Gasteiger charge is -2.35. The van der Waals surface area contributed by atoms with E-state index in [0.29, 0.717) is 16.5 Å². The highest BCUT2D eigenvalue weighted by molar-refractivity contribution is 6.30. The Morgan fingerprint density at radius 2 is 2.11 bits per heavy atom. The van der Waals surface area contributed by atoms with Crippen LogP contribution in [0.3, 0.4) is 0 Å². The van der Waals surface area contributed by atoms with Gasteiger partial charge in [0.15, 0.2) is 6.29 Å². The number of nitrogens with zero attached hydrogens (tertiary/aromatic N) is 2. The lowest BCUT2D eigenvalue weighted by Crippen LogP contribution is -2.57. The van der Waals surface area contributed by atoms with Crippen LogP contribution in [0.4, 0.5) is 16.3 Å². The van der Waals surface area contributed by atoms with Crippen molar-refractivity contribution in [1.82, 2.24) is 20.4 Å². The van der Waals surface area contributed by atoms with Gasteiger partial charge in [-0.05, 0) is 38.5 Å². The third-order valence-corrected chi connectivity index (χ3v) is 4.74. The lowest BCUT2D eigenvalue weighted by molar-refractivity contribution is -0.130. The van der Waals surface area contributed by atoms with Gasteiger partial charge in [-0.25, -0.2) is 9.48 Å². The maximum Gasteiger partial charge on any atom is 0.324 e. The molecule has 0 radical (unpaired) electrons. The zero-order valence-electron chi connectivity index (χ0n) is 15.4. The third-order valence-electron chi connectivity index (χ3n) is 4.51. The van der Waals surface area contributed by atoms with E-state index >= 15 is 0 Å². The van der Waals surface area contributed by atoms with Crippen LogP contribution in [0.25, 0.3) is 0 Å². The van der Waals surface area contributed by atoms with Crippen LogP contribution < -0.4 is 21.3 Å². The molecule has 8 nitrogen and oxygen atoms in total. The van der Waals surface area contributed by atoms with Crippen molar-refractivity contribution in [1.29, 1.82) is 0 Å². The van der Waals surface area contributed by atoms with E-state index < -0.39 is 12.3 Å². The second-order valence-corrected chi connectivity index (χ2v) is 7.02. The van der Waals surface area contributed by atoms with Gasteiger partial charge in [0.05, 0.1) is 11.6 Å². The number of nitrogens with one attached hydrogen (secondary N) is 4. The minimum Gasteiger partial charge on any atom is -0.322 e. The predicted octanol–water partition coefficient (Wildman–Crippen LogP) is 3.08. The van der Waals surface area contributed by atoms with Gasteiger partial charge in [0.2, 0.25) is 5.91 Å². The number of carbonyl (C=O) groups excluding carboxylic acids is 2. The van der Waals surface area contributed by atoms with E-state index in [1.54, 1.807) is 35.0 Å². The quantitative estimate of drug-likeness (QED) is 0.644. The van der Waals surface area contributed by atoms with Crippen LogP contribution in [-0.4, -0.2) is 27.8 Å². The number of halogens is 1. The summed E-state index contributed by atoms with van der Waals surface area (Å²) in [5.41, 5.74) is 1.29. The first-order valence-electron chi connectivity index (χ1n) is 8.83. The molecule has 144 valence electrons. The van der Waals surface area contributed by atoms with Gasteiger partial charge in [-0.3, -0.25) is 15.4 Å². The molecule has 1 aliphatic rings. The zero-order chi connectivity index (χ0) is 19.6. The van der Waals surface area contributed by atoms with Crippen molar-refractivity contribution in [3.63, 3.8) is 0 Å². The first-order valence-corrected chi connectivity index (χ1v) is 9.21. The van der Waals surface area contributed by atoms with Crippen molar-refractivity contribution < 1.29 is 9.59 Å². The van der Waals surface area contributed by atoms with Crippen LogP contribution >= 0.6 is 11.6 Å². The minimum atomic E-state index is -0.537. The smallest absolute Gasteiger partial charge is 0.322 e. The lowest BCUT2D eigenvalue weighted by atomic mass is 9.95. The Balaban J connectivity index is 1.74. The average molecular weight is 391 g/mol. The summed E-state index contributed by atoms with van der Waals surface area (Å²) in [6.45, 7) is 5.77. The summed E-state index contributed by atoms with van der Waals surface area (Å²) in [4.78, 5) is 24.7. The van der Waals surface area contributed by atoms with Crippen molar-refractivity contribution in [2.45, 2.75) is 39.5 Å². The van der Waals surface area contributed by atoms with Gasteiger partial charge >= 0.3 is 6.03 Å². The van der Waals surface area contributed by atoms with Gasteiger partial charge in [0.25, 0.3) is 0 Å². The van der Waals surface area contributed by atoms with Gasteiger partial charge in [-0.1, -0.05) is 24.6 Å². The number of hydrogen-bond donors (Lipinski definition) is 4. The van der Waals surface area contributed by atoms with E-state index in [1.165, 1.54) is 0 Å². The first kappa shape index (κ1) is 19.2. The van der Waals surface area contributed by atoms with Crippen LogP contribution in [0.2, 0.25) is 5.02 Å². The van der Waals surface area contributed by atoms with Crippen LogP contribution in [0.5, 0.6) is 0 Å². The Labute approximate surface area is 162 Å². The molecular formula is C18H23ClN6O2. The molecule has 3 amide bonds. The van der Waals surface area contributed by atoms with E-state index in [9.17, 15) is 9.59 Å². The van der Waals surface area contributed by atoms with Gasteiger partial charge in [-0.2, -0.15) is 5.10 Å². The second kappa shape index (κ2) is 7.98. The number of aromatic nitrogens is 2. The number of anilines is 2. The number of carbonyl (C=O) groups is 2. The molecule has 1 aliphatic heterocycles. The summed E-state index contributed by atoms with van der Waals surface area (Å²) in [5, 5.41) is 16.7. The second-order valence-electron chi connectivity index (χ2n) is 6.59. The van der Waals surface area contributed by atoms with Crippen molar-refractivity contribution in [3.8, 4) is 0 Å². The number of aryl methyl sites for hydroxylation is 1. The Morgan fingerprint density at radius 1 is 1.33 bits per heavy atom. The molecular weight excluding hydrogens is 368 g/mol. The van der Waals surface area contributed by atoms with Gasteiger partial charge in [0, 0.05) is 22.8 Å². The summed E-state index contributed by atoms with van der Waals surface area (Å²) >= 11 is 5.94. The Morgan fingerprint density at radius 3 is 2.78 bits per heavy atom. The zero-order valence-corrected chi connectivity index (χ0v) is 16.2. The summed E-state index contributed by atoms with van der Waals surface area (Å²) in [7, 11) is 0. The van der Waals surface area contributed by atoms with Crippen molar-refractivity contribution in [2.24, 2.45) is 5.92 Å². The summed E-state index contributed by atoms with van der Waals surface area (Å²) < 4.78 is 1.56. The highest BCUT2D eigenvalue weighted by Gasteiger charge is 2.34. The Kier molecular flexibility index (Phi) is 5.67. The molecule has 2 heterocycles. The van der Waals surface area contributed by atoms with E-state index in [4.69, 9.17) is 11.6 Å². The molecule has 0 saturated carbocycles. The fourth-order valence-corrected chi connectivity index (χ4v) is 3.39. The maximum absolute atomic E-state index is 12.4. The Hall–Kier alpha value is -2.58. The topological polar surface area (TPSA) is 100 Å². The molecule has 3 rings (SSSR count). The molecule has 3 atom stereocenters. The predicted molar refractivity (Wildman–Crippen MR) is 105 cm³/mol. The molecule has 2 aromatic rings. The monoisotopic (exact) mass is 390 g/mol. The highest BCUT2D eigenvalue weighted by atomic mass is 35.5. The molecule has 1 aromatic carbocycles. The minimum absolute atomic E-state index is 0.00797. The van der Waals surface area contributed by atoms with E-state index in [1.807, 2.05) is 20.8 Å². The molecule has 9 heteroatoms. The highest BCUT2D eigenvalue weighted by Crippen LogP contribution is 2.21. The molecule has 4 N–H and O–H groups in total. The van der Waals surface area contributed by atoms with Crippen molar-refractivity contribution >= 4 is 35.0 Å². The van der Waals surface area contributed by atoms with E-state index in [2.05, 4.69) is 26.4 Å². The van der Waals surface area contributed by atoms with Crippen LogP contribution in [-0.2, 0) is 4.79 Å². The van der Waals surface area contributed by atoms with E-state index in [-0.39, 0.29) is 17.9 Å². The van der Waals surface area contributed by atoms with Gasteiger partial charge < -0.3 is 10.6 Å². The summed E-state index contributed by atoms with van der Waals surface area (Å²) in [5.74, 6) is 0.337. The summed E-state index contributed by atoms with van der Waals surface area (Å²) in [6.07, 6.45) is 0.211. The number of benzene rings is 1. The van der Waals surface area contributed by atoms with Crippen molar-refractivity contribution in [2.75, 3.05) is 10.6 Å². The SMILES string of the molecule is CCC1C(=O)NC(n2nc(C)cc2NC(=O)Nc2cccc(Cl)c2)NC1C. The molecule has 1 fully saturated rings. The Bertz CT molecular complexity index is 852. The van der Waals surface area contributed by atoms with Crippen LogP contribution in [0.1, 0.15) is 32.3 Å². The largest absolute Gasteiger partial charge is 0.324 e. The van der Waals surface area contributed by atoms with Gasteiger partial charge in [-0.15, -0.1) is 0 Å². The fourth-order valence-electron chi connectivity index (χ4n) is 3.20. The number of urea groups is 1. The summed E-state index contributed by atoms with van der Waals surface area (Å²) in [6, 6.07) is 8.17. The molecule has 0 aliphatic carbocycles. The molecule has 0 spiro atoms. The molecule has 3 unspecified atom stereocenters. The van der Waals surface area contributed by atoms with Crippen LogP contribution in [0.15, 0.2) is 30.3 Å². The third kappa shape index (κ3) is 4.40.